The highest BCUT2D eigenvalue weighted by molar-refractivity contribution is 7.17. The highest BCUT2D eigenvalue weighted by Crippen LogP contribution is 2.28. The van der Waals surface area contributed by atoms with Crippen LogP contribution in [0, 0.1) is 5.41 Å². The Morgan fingerprint density at radius 3 is 2.90 bits per heavy atom. The number of nitrogens with zero attached hydrogens (tertiary/aromatic N) is 2. The quantitative estimate of drug-likeness (QED) is 0.731. The lowest BCUT2D eigenvalue weighted by Gasteiger charge is -2.27. The Morgan fingerprint density at radius 1 is 1.24 bits per heavy atom. The van der Waals surface area contributed by atoms with Crippen LogP contribution >= 0.6 is 22.7 Å². The molecule has 3 aromatic rings. The van der Waals surface area contributed by atoms with Crippen molar-refractivity contribution < 1.29 is 5.11 Å². The molecule has 6 heteroatoms. The molecule has 0 aliphatic rings. The Balaban J connectivity index is 1.74. The lowest BCUT2D eigenvalue weighted by molar-refractivity contribution is 0.154. The van der Waals surface area contributed by atoms with Crippen molar-refractivity contribution in [1.29, 1.82) is 0 Å². The van der Waals surface area contributed by atoms with Gasteiger partial charge in [0.25, 0.3) is 0 Å². The third kappa shape index (κ3) is 3.23. The molecule has 0 saturated heterocycles. The first-order valence-corrected chi connectivity index (χ1v) is 8.51. The molecule has 0 fully saturated rings. The SMILES string of the molecule is CC(CO)(CNc1ncnc2ccsc12)Cc1cccs1. The Hall–Kier alpha value is -1.50. The predicted molar refractivity (Wildman–Crippen MR) is 89.1 cm³/mol. The number of aliphatic hydroxyl groups excluding tert-OH is 1. The second-order valence-electron chi connectivity index (χ2n) is 5.44. The minimum absolute atomic E-state index is 0.135. The van der Waals surface area contributed by atoms with Gasteiger partial charge in [0.05, 0.1) is 16.8 Å². The van der Waals surface area contributed by atoms with Gasteiger partial charge in [-0.2, -0.15) is 0 Å². The van der Waals surface area contributed by atoms with Crippen LogP contribution in [0.1, 0.15) is 11.8 Å². The van der Waals surface area contributed by atoms with Gasteiger partial charge >= 0.3 is 0 Å². The zero-order chi connectivity index (χ0) is 14.7. The molecule has 1 unspecified atom stereocenters. The van der Waals surface area contributed by atoms with E-state index in [0.717, 1.165) is 22.5 Å². The molecule has 0 radical (unpaired) electrons. The maximum Gasteiger partial charge on any atom is 0.147 e. The number of aromatic nitrogens is 2. The zero-order valence-electron chi connectivity index (χ0n) is 11.7. The highest BCUT2D eigenvalue weighted by Gasteiger charge is 2.25. The van der Waals surface area contributed by atoms with Crippen LogP contribution in [0.2, 0.25) is 0 Å². The van der Waals surface area contributed by atoms with E-state index in [4.69, 9.17) is 0 Å². The molecular formula is C15H17N3OS2. The normalized spacial score (nSPS) is 14.2. The average molecular weight is 319 g/mol. The van der Waals surface area contributed by atoms with Gasteiger partial charge in [-0.25, -0.2) is 9.97 Å². The molecule has 1 atom stereocenters. The number of aliphatic hydroxyl groups is 1. The minimum atomic E-state index is -0.209. The number of thiophene rings is 2. The molecule has 0 spiro atoms. The molecule has 4 nitrogen and oxygen atoms in total. The third-order valence-electron chi connectivity index (χ3n) is 3.49. The standard InChI is InChI=1S/C15H17N3OS2/c1-15(9-19,7-11-3-2-5-20-11)8-16-14-13-12(4-6-21-13)17-10-18-14/h2-6,10,19H,7-9H2,1H3,(H,16,17,18). The van der Waals surface area contributed by atoms with Crippen LogP contribution in [0.3, 0.4) is 0 Å². The van der Waals surface area contributed by atoms with Crippen molar-refractivity contribution in [3.8, 4) is 0 Å². The molecule has 0 aromatic carbocycles. The van der Waals surface area contributed by atoms with Gasteiger partial charge in [0, 0.05) is 16.8 Å². The summed E-state index contributed by atoms with van der Waals surface area (Å²) in [5.74, 6) is 0.848. The lowest BCUT2D eigenvalue weighted by atomic mass is 9.87. The summed E-state index contributed by atoms with van der Waals surface area (Å²) in [6.45, 7) is 2.90. The molecule has 0 aliphatic carbocycles. The third-order valence-corrected chi connectivity index (χ3v) is 5.28. The number of rotatable bonds is 6. The van der Waals surface area contributed by atoms with Crippen molar-refractivity contribution in [3.05, 3.63) is 40.2 Å². The van der Waals surface area contributed by atoms with Gasteiger partial charge in [-0.15, -0.1) is 22.7 Å². The van der Waals surface area contributed by atoms with Gasteiger partial charge in [-0.05, 0) is 29.3 Å². The summed E-state index contributed by atoms with van der Waals surface area (Å²) in [4.78, 5) is 9.85. The summed E-state index contributed by atoms with van der Waals surface area (Å²) in [5, 5.41) is 17.2. The van der Waals surface area contributed by atoms with Crippen molar-refractivity contribution in [1.82, 2.24) is 9.97 Å². The molecule has 0 amide bonds. The summed E-state index contributed by atoms with van der Waals surface area (Å²) in [5.41, 5.74) is 0.751. The molecule has 3 aromatic heterocycles. The van der Waals surface area contributed by atoms with Crippen LogP contribution in [0.5, 0.6) is 0 Å². The van der Waals surface area contributed by atoms with Gasteiger partial charge in [0.1, 0.15) is 12.1 Å². The van der Waals surface area contributed by atoms with Crippen molar-refractivity contribution in [2.75, 3.05) is 18.5 Å². The molecule has 110 valence electrons. The number of hydrogen-bond acceptors (Lipinski definition) is 6. The Morgan fingerprint density at radius 2 is 2.14 bits per heavy atom. The fraction of sp³-hybridized carbons (Fsp3) is 0.333. The Bertz CT molecular complexity index is 711. The Kier molecular flexibility index (Phi) is 4.19. The van der Waals surface area contributed by atoms with Crippen molar-refractivity contribution in [2.45, 2.75) is 13.3 Å². The Labute approximate surface area is 131 Å². The number of anilines is 1. The van der Waals surface area contributed by atoms with Gasteiger partial charge in [0.15, 0.2) is 0 Å². The first-order chi connectivity index (χ1) is 10.2. The van der Waals surface area contributed by atoms with E-state index in [-0.39, 0.29) is 12.0 Å². The second kappa shape index (κ2) is 6.09. The maximum absolute atomic E-state index is 9.77. The zero-order valence-corrected chi connectivity index (χ0v) is 13.4. The first-order valence-electron chi connectivity index (χ1n) is 6.75. The van der Waals surface area contributed by atoms with Crippen molar-refractivity contribution in [3.63, 3.8) is 0 Å². The predicted octanol–water partition coefficient (Wildman–Crippen LogP) is 3.41. The smallest absolute Gasteiger partial charge is 0.147 e. The van der Waals surface area contributed by atoms with Crippen LogP contribution in [0.4, 0.5) is 5.82 Å². The molecule has 0 aliphatic heterocycles. The first kappa shape index (κ1) is 14.4. The topological polar surface area (TPSA) is 58.0 Å². The largest absolute Gasteiger partial charge is 0.396 e. The number of fused-ring (bicyclic) bond motifs is 1. The van der Waals surface area contributed by atoms with E-state index in [1.54, 1.807) is 29.0 Å². The van der Waals surface area contributed by atoms with Crippen molar-refractivity contribution >= 4 is 38.7 Å². The van der Waals surface area contributed by atoms with Gasteiger partial charge < -0.3 is 10.4 Å². The van der Waals surface area contributed by atoms with E-state index in [1.807, 2.05) is 17.5 Å². The minimum Gasteiger partial charge on any atom is -0.396 e. The van der Waals surface area contributed by atoms with Crippen LogP contribution in [-0.2, 0) is 6.42 Å². The van der Waals surface area contributed by atoms with E-state index >= 15 is 0 Å². The van der Waals surface area contributed by atoms with E-state index in [9.17, 15) is 5.11 Å². The summed E-state index contributed by atoms with van der Waals surface area (Å²) < 4.78 is 1.06. The summed E-state index contributed by atoms with van der Waals surface area (Å²) in [6, 6.07) is 6.15. The van der Waals surface area contributed by atoms with Gasteiger partial charge in [0.2, 0.25) is 0 Å². The van der Waals surface area contributed by atoms with Gasteiger partial charge in [-0.1, -0.05) is 13.0 Å². The highest BCUT2D eigenvalue weighted by atomic mass is 32.1. The fourth-order valence-electron chi connectivity index (χ4n) is 2.22. The molecule has 2 N–H and O–H groups in total. The number of nitrogens with one attached hydrogen (secondary N) is 1. The van der Waals surface area contributed by atoms with Crippen LogP contribution in [0.25, 0.3) is 10.2 Å². The molecule has 3 rings (SSSR count). The van der Waals surface area contributed by atoms with E-state index in [1.165, 1.54) is 4.88 Å². The molecule has 0 bridgehead atoms. The van der Waals surface area contributed by atoms with E-state index in [0.29, 0.717) is 6.54 Å². The molecule has 3 heterocycles. The number of hydrogen-bond donors (Lipinski definition) is 2. The summed E-state index contributed by atoms with van der Waals surface area (Å²) in [7, 11) is 0. The van der Waals surface area contributed by atoms with Crippen LogP contribution < -0.4 is 5.32 Å². The molecular weight excluding hydrogens is 302 g/mol. The molecule has 21 heavy (non-hydrogen) atoms. The van der Waals surface area contributed by atoms with Crippen LogP contribution in [-0.4, -0.2) is 28.2 Å². The van der Waals surface area contributed by atoms with Gasteiger partial charge in [-0.3, -0.25) is 0 Å². The fourth-order valence-corrected chi connectivity index (χ4v) is 3.95. The maximum atomic E-state index is 9.77. The second-order valence-corrected chi connectivity index (χ2v) is 7.38. The summed E-state index contributed by atoms with van der Waals surface area (Å²) in [6.07, 6.45) is 2.43. The lowest BCUT2D eigenvalue weighted by Crippen LogP contribution is -2.32. The van der Waals surface area contributed by atoms with Crippen molar-refractivity contribution in [2.24, 2.45) is 5.41 Å². The monoisotopic (exact) mass is 319 g/mol. The van der Waals surface area contributed by atoms with Crippen LogP contribution in [0.15, 0.2) is 35.3 Å². The average Bonchev–Trinajstić information content (AvgIpc) is 3.16. The van der Waals surface area contributed by atoms with E-state index < -0.39 is 0 Å². The molecule has 0 saturated carbocycles. The van der Waals surface area contributed by atoms with E-state index in [2.05, 4.69) is 33.7 Å². The summed E-state index contributed by atoms with van der Waals surface area (Å²) >= 11 is 3.36.